The van der Waals surface area contributed by atoms with E-state index in [1.165, 1.54) is 4.90 Å². The van der Waals surface area contributed by atoms with E-state index in [0.717, 1.165) is 35.9 Å². The van der Waals surface area contributed by atoms with Gasteiger partial charge in [-0.1, -0.05) is 43.0 Å². The van der Waals surface area contributed by atoms with Crippen LogP contribution in [0.1, 0.15) is 25.3 Å². The molecule has 0 radical (unpaired) electrons. The molecule has 2 aliphatic heterocycles. The van der Waals surface area contributed by atoms with Crippen molar-refractivity contribution in [2.45, 2.75) is 19.8 Å². The molecule has 0 spiro atoms. The third kappa shape index (κ3) is 5.60. The van der Waals surface area contributed by atoms with Crippen molar-refractivity contribution in [2.75, 3.05) is 33.4 Å². The third-order valence-electron chi connectivity index (χ3n) is 5.07. The van der Waals surface area contributed by atoms with Gasteiger partial charge in [-0.15, -0.1) is 0 Å². The topological polar surface area (TPSA) is 76.2 Å². The molecule has 0 aromatic heterocycles. The van der Waals surface area contributed by atoms with E-state index < -0.39 is 5.97 Å². The summed E-state index contributed by atoms with van der Waals surface area (Å²) in [5.74, 6) is 0.109. The van der Waals surface area contributed by atoms with Crippen molar-refractivity contribution in [1.29, 1.82) is 0 Å². The van der Waals surface area contributed by atoms with Gasteiger partial charge in [0.15, 0.2) is 6.61 Å². The Morgan fingerprint density at radius 2 is 1.90 bits per heavy atom. The second-order valence-corrected chi connectivity index (χ2v) is 8.94. The van der Waals surface area contributed by atoms with Crippen LogP contribution < -0.4 is 4.74 Å². The number of likely N-dealkylation sites (tertiary alicyclic amines) is 1. The quantitative estimate of drug-likeness (QED) is 0.376. The summed E-state index contributed by atoms with van der Waals surface area (Å²) in [4.78, 5) is 40.3. The van der Waals surface area contributed by atoms with E-state index in [4.69, 9.17) is 21.7 Å². The van der Waals surface area contributed by atoms with Crippen molar-refractivity contribution in [2.24, 2.45) is 5.92 Å². The molecular formula is C21H24N2O5S2. The Labute approximate surface area is 185 Å². The molecule has 0 unspecified atom stereocenters. The van der Waals surface area contributed by atoms with Gasteiger partial charge in [-0.25, -0.2) is 0 Å². The highest BCUT2D eigenvalue weighted by Gasteiger charge is 2.34. The minimum absolute atomic E-state index is 0.208. The highest BCUT2D eigenvalue weighted by Crippen LogP contribution is 2.32. The Morgan fingerprint density at radius 1 is 1.23 bits per heavy atom. The van der Waals surface area contributed by atoms with E-state index in [2.05, 4.69) is 6.92 Å². The number of nitrogens with zero attached hydrogens (tertiary/aromatic N) is 2. The number of rotatable bonds is 6. The van der Waals surface area contributed by atoms with Crippen LogP contribution in [0.4, 0.5) is 0 Å². The Balaban J connectivity index is 1.52. The Morgan fingerprint density at radius 3 is 2.53 bits per heavy atom. The molecule has 3 rings (SSSR count). The van der Waals surface area contributed by atoms with Gasteiger partial charge in [0.05, 0.1) is 12.0 Å². The van der Waals surface area contributed by atoms with Gasteiger partial charge in [0.1, 0.15) is 16.6 Å². The summed E-state index contributed by atoms with van der Waals surface area (Å²) in [6.45, 7) is 2.90. The van der Waals surface area contributed by atoms with Crippen molar-refractivity contribution in [3.63, 3.8) is 0 Å². The van der Waals surface area contributed by atoms with Crippen molar-refractivity contribution in [1.82, 2.24) is 9.80 Å². The van der Waals surface area contributed by atoms with Crippen LogP contribution in [0.15, 0.2) is 29.2 Å². The maximum atomic E-state index is 12.6. The first-order valence-corrected chi connectivity index (χ1v) is 10.9. The standard InChI is InChI=1S/C21H24N2O5S2/c1-14-7-9-22(10-8-14)18(24)13-28-19(25)12-23-20(26)17(30-21(23)29)11-15-3-5-16(27-2)6-4-15/h3-6,11,14H,7-10,12-13H2,1-2H3/b17-11+. The van der Waals surface area contributed by atoms with E-state index in [1.54, 1.807) is 30.2 Å². The summed E-state index contributed by atoms with van der Waals surface area (Å²) in [5.41, 5.74) is 0.820. The van der Waals surface area contributed by atoms with Crippen molar-refractivity contribution in [3.05, 3.63) is 34.7 Å². The van der Waals surface area contributed by atoms with E-state index in [9.17, 15) is 14.4 Å². The summed E-state index contributed by atoms with van der Waals surface area (Å²) < 4.78 is 10.5. The summed E-state index contributed by atoms with van der Waals surface area (Å²) in [6.07, 6.45) is 3.62. The number of carbonyl (C=O) groups excluding carboxylic acids is 3. The molecule has 2 amide bonds. The van der Waals surface area contributed by atoms with Gasteiger partial charge in [-0.05, 0) is 42.5 Å². The predicted octanol–water partition coefficient (Wildman–Crippen LogP) is 2.70. The van der Waals surface area contributed by atoms with E-state index in [1.807, 2.05) is 12.1 Å². The fourth-order valence-corrected chi connectivity index (χ4v) is 4.41. The van der Waals surface area contributed by atoms with Crippen molar-refractivity contribution >= 4 is 52.2 Å². The number of carbonyl (C=O) groups is 3. The monoisotopic (exact) mass is 448 g/mol. The van der Waals surface area contributed by atoms with Crippen LogP contribution in [0.25, 0.3) is 6.08 Å². The summed E-state index contributed by atoms with van der Waals surface area (Å²) in [7, 11) is 1.58. The molecule has 160 valence electrons. The van der Waals surface area contributed by atoms with Crippen LogP contribution in [-0.4, -0.2) is 65.3 Å². The second-order valence-electron chi connectivity index (χ2n) is 7.27. The van der Waals surface area contributed by atoms with Crippen LogP contribution in [0.5, 0.6) is 5.75 Å². The first-order valence-electron chi connectivity index (χ1n) is 9.70. The molecule has 9 heteroatoms. The average Bonchev–Trinajstić information content (AvgIpc) is 3.00. The van der Waals surface area contributed by atoms with Gasteiger partial charge >= 0.3 is 5.97 Å². The molecule has 2 fully saturated rings. The maximum absolute atomic E-state index is 12.6. The first-order chi connectivity index (χ1) is 14.4. The van der Waals surface area contributed by atoms with E-state index in [0.29, 0.717) is 23.9 Å². The van der Waals surface area contributed by atoms with Gasteiger partial charge in [-0.2, -0.15) is 0 Å². The van der Waals surface area contributed by atoms with Gasteiger partial charge in [0, 0.05) is 13.1 Å². The van der Waals surface area contributed by atoms with Crippen LogP contribution >= 0.6 is 24.0 Å². The summed E-state index contributed by atoms with van der Waals surface area (Å²) in [5, 5.41) is 0. The fourth-order valence-electron chi connectivity index (χ4n) is 3.15. The van der Waals surface area contributed by atoms with Crippen molar-refractivity contribution in [3.8, 4) is 5.75 Å². The third-order valence-corrected chi connectivity index (χ3v) is 6.45. The Hall–Kier alpha value is -2.39. The van der Waals surface area contributed by atoms with Crippen molar-refractivity contribution < 1.29 is 23.9 Å². The molecular weight excluding hydrogens is 424 g/mol. The van der Waals surface area contributed by atoms with Gasteiger partial charge in [-0.3, -0.25) is 19.3 Å². The minimum Gasteiger partial charge on any atom is -0.497 e. The van der Waals surface area contributed by atoms with Crippen LogP contribution in [0.2, 0.25) is 0 Å². The first kappa shape index (κ1) is 22.3. The molecule has 1 aromatic carbocycles. The number of esters is 1. The number of methoxy groups -OCH3 is 1. The zero-order chi connectivity index (χ0) is 21.7. The lowest BCUT2D eigenvalue weighted by atomic mass is 9.99. The number of thiocarbonyl (C=S) groups is 1. The largest absolute Gasteiger partial charge is 0.497 e. The van der Waals surface area contributed by atoms with Gasteiger partial charge in [0.2, 0.25) is 0 Å². The van der Waals surface area contributed by atoms with Gasteiger partial charge < -0.3 is 14.4 Å². The molecule has 7 nitrogen and oxygen atoms in total. The number of hydrogen-bond acceptors (Lipinski definition) is 7. The second kappa shape index (κ2) is 10.1. The van der Waals surface area contributed by atoms with Gasteiger partial charge in [0.25, 0.3) is 11.8 Å². The summed E-state index contributed by atoms with van der Waals surface area (Å²) in [6, 6.07) is 7.24. The molecule has 0 atom stereocenters. The molecule has 30 heavy (non-hydrogen) atoms. The zero-order valence-corrected chi connectivity index (χ0v) is 18.6. The molecule has 2 saturated heterocycles. The number of piperidine rings is 1. The Bertz CT molecular complexity index is 861. The average molecular weight is 449 g/mol. The number of hydrogen-bond donors (Lipinski definition) is 0. The number of thioether (sulfide) groups is 1. The lowest BCUT2D eigenvalue weighted by molar-refractivity contribution is -0.153. The molecule has 1 aromatic rings. The van der Waals surface area contributed by atoms with Crippen LogP contribution in [0.3, 0.4) is 0 Å². The number of benzene rings is 1. The lowest BCUT2D eigenvalue weighted by Gasteiger charge is -2.30. The highest BCUT2D eigenvalue weighted by molar-refractivity contribution is 8.26. The molecule has 0 saturated carbocycles. The smallest absolute Gasteiger partial charge is 0.326 e. The van der Waals surface area contributed by atoms with Crippen LogP contribution in [-0.2, 0) is 19.1 Å². The number of ether oxygens (including phenoxy) is 2. The minimum atomic E-state index is -0.657. The Kier molecular flexibility index (Phi) is 7.49. The molecule has 0 N–H and O–H groups in total. The zero-order valence-electron chi connectivity index (χ0n) is 17.0. The predicted molar refractivity (Wildman–Crippen MR) is 119 cm³/mol. The highest BCUT2D eigenvalue weighted by atomic mass is 32.2. The fraction of sp³-hybridized carbons (Fsp3) is 0.429. The van der Waals surface area contributed by atoms with Crippen LogP contribution in [0, 0.1) is 5.92 Å². The molecule has 2 heterocycles. The number of amides is 2. The molecule has 2 aliphatic rings. The summed E-state index contributed by atoms with van der Waals surface area (Å²) >= 11 is 6.37. The molecule has 0 bridgehead atoms. The lowest BCUT2D eigenvalue weighted by Crippen LogP contribution is -2.41. The maximum Gasteiger partial charge on any atom is 0.326 e. The SMILES string of the molecule is COc1ccc(/C=C2/SC(=S)N(CC(=O)OCC(=O)N3CCC(C)CC3)C2=O)cc1. The van der Waals surface area contributed by atoms with E-state index in [-0.39, 0.29) is 29.3 Å². The normalized spacial score (nSPS) is 18.8. The molecule has 0 aliphatic carbocycles. The van der Waals surface area contributed by atoms with E-state index >= 15 is 0 Å².